The zero-order valence-electron chi connectivity index (χ0n) is 9.68. The lowest BCUT2D eigenvalue weighted by Crippen LogP contribution is -2.43. The van der Waals surface area contributed by atoms with E-state index in [1.807, 2.05) is 0 Å². The van der Waals surface area contributed by atoms with Crippen LogP contribution in [-0.4, -0.2) is 34.3 Å². The Morgan fingerprint density at radius 2 is 2.12 bits per heavy atom. The molecule has 0 aliphatic heterocycles. The molecule has 0 saturated carbocycles. The smallest absolute Gasteiger partial charge is 0.273 e. The van der Waals surface area contributed by atoms with Crippen LogP contribution in [0.4, 0.5) is 4.39 Å². The number of carbonyl (C=O) groups is 2. The molecule has 0 unspecified atom stereocenters. The molecule has 2 N–H and O–H groups in total. The number of hydrogen-bond donors (Lipinski definition) is 1. The standard InChI is InChI=1S/C11H14FN3O2/c1-7(2)15(6-10(13)16)11(17)8-4-3-5-9(12)14-8/h3-5,7H,6H2,1-2H3,(H2,13,16). The summed E-state index contributed by atoms with van der Waals surface area (Å²) >= 11 is 0. The first-order chi connectivity index (χ1) is 7.91. The van der Waals surface area contributed by atoms with E-state index in [9.17, 15) is 14.0 Å². The lowest BCUT2D eigenvalue weighted by Gasteiger charge is -2.24. The molecule has 0 aliphatic rings. The Balaban J connectivity index is 2.95. The third-order valence-corrected chi connectivity index (χ3v) is 2.14. The van der Waals surface area contributed by atoms with Crippen molar-refractivity contribution < 1.29 is 14.0 Å². The van der Waals surface area contributed by atoms with Gasteiger partial charge in [-0.15, -0.1) is 0 Å². The molecule has 1 heterocycles. The second-order valence-corrected chi connectivity index (χ2v) is 3.84. The lowest BCUT2D eigenvalue weighted by atomic mass is 10.2. The lowest BCUT2D eigenvalue weighted by molar-refractivity contribution is -0.119. The Bertz CT molecular complexity index is 434. The van der Waals surface area contributed by atoms with Gasteiger partial charge in [0.2, 0.25) is 11.9 Å². The van der Waals surface area contributed by atoms with Gasteiger partial charge in [0.15, 0.2) is 0 Å². The molecule has 0 aliphatic carbocycles. The summed E-state index contributed by atoms with van der Waals surface area (Å²) in [6, 6.07) is 3.70. The molecule has 1 aromatic heterocycles. The molecule has 1 rings (SSSR count). The number of rotatable bonds is 4. The maximum atomic E-state index is 12.9. The van der Waals surface area contributed by atoms with E-state index in [1.165, 1.54) is 17.0 Å². The number of halogens is 1. The summed E-state index contributed by atoms with van der Waals surface area (Å²) in [6.45, 7) is 3.26. The van der Waals surface area contributed by atoms with Crippen LogP contribution < -0.4 is 5.73 Å². The van der Waals surface area contributed by atoms with E-state index in [0.717, 1.165) is 6.07 Å². The second kappa shape index (κ2) is 5.38. The predicted molar refractivity (Wildman–Crippen MR) is 59.6 cm³/mol. The molecule has 5 nitrogen and oxygen atoms in total. The van der Waals surface area contributed by atoms with Crippen molar-refractivity contribution in [2.24, 2.45) is 5.73 Å². The molecule has 2 amide bonds. The molecule has 0 spiro atoms. The minimum Gasteiger partial charge on any atom is -0.368 e. The molecule has 0 bridgehead atoms. The Morgan fingerprint density at radius 1 is 1.47 bits per heavy atom. The minimum absolute atomic E-state index is 0.0417. The maximum absolute atomic E-state index is 12.9. The van der Waals surface area contributed by atoms with Crippen LogP contribution in [-0.2, 0) is 4.79 Å². The van der Waals surface area contributed by atoms with Gasteiger partial charge < -0.3 is 10.6 Å². The van der Waals surface area contributed by atoms with E-state index in [2.05, 4.69) is 4.98 Å². The molecule has 92 valence electrons. The Labute approximate surface area is 98.4 Å². The summed E-state index contributed by atoms with van der Waals surface area (Å²) in [5.74, 6) is -1.87. The number of nitrogens with two attached hydrogens (primary N) is 1. The highest BCUT2D eigenvalue weighted by molar-refractivity contribution is 5.94. The van der Waals surface area contributed by atoms with Crippen molar-refractivity contribution >= 4 is 11.8 Å². The zero-order valence-corrected chi connectivity index (χ0v) is 9.68. The number of carbonyl (C=O) groups excluding carboxylic acids is 2. The van der Waals surface area contributed by atoms with E-state index in [-0.39, 0.29) is 18.3 Å². The summed E-state index contributed by atoms with van der Waals surface area (Å²) in [4.78, 5) is 27.5. The summed E-state index contributed by atoms with van der Waals surface area (Å²) < 4.78 is 12.9. The third-order valence-electron chi connectivity index (χ3n) is 2.14. The van der Waals surface area contributed by atoms with Crippen molar-refractivity contribution in [2.75, 3.05) is 6.54 Å². The highest BCUT2D eigenvalue weighted by Crippen LogP contribution is 2.06. The quantitative estimate of drug-likeness (QED) is 0.780. The van der Waals surface area contributed by atoms with E-state index < -0.39 is 17.8 Å². The number of amides is 2. The van der Waals surface area contributed by atoms with Crippen LogP contribution in [0.2, 0.25) is 0 Å². The van der Waals surface area contributed by atoms with Crippen molar-refractivity contribution in [3.63, 3.8) is 0 Å². The van der Waals surface area contributed by atoms with E-state index >= 15 is 0 Å². The molecule has 0 radical (unpaired) electrons. The first-order valence-corrected chi connectivity index (χ1v) is 5.13. The minimum atomic E-state index is -0.737. The summed E-state index contributed by atoms with van der Waals surface area (Å²) in [6.07, 6.45) is 0. The maximum Gasteiger partial charge on any atom is 0.273 e. The number of hydrogen-bond acceptors (Lipinski definition) is 3. The molecule has 0 aromatic carbocycles. The first kappa shape index (κ1) is 13.1. The monoisotopic (exact) mass is 239 g/mol. The third kappa shape index (κ3) is 3.51. The van der Waals surface area contributed by atoms with Gasteiger partial charge in [0.05, 0.1) is 6.54 Å². The van der Waals surface area contributed by atoms with Gasteiger partial charge in [0, 0.05) is 6.04 Å². The van der Waals surface area contributed by atoms with E-state index in [4.69, 9.17) is 5.73 Å². The summed E-state index contributed by atoms with van der Waals surface area (Å²) in [7, 11) is 0. The van der Waals surface area contributed by atoms with Crippen molar-refractivity contribution in [1.82, 2.24) is 9.88 Å². The molecule has 1 aromatic rings. The molecular weight excluding hydrogens is 225 g/mol. The van der Waals surface area contributed by atoms with Crippen LogP contribution in [0, 0.1) is 5.95 Å². The fourth-order valence-corrected chi connectivity index (χ4v) is 1.33. The number of pyridine rings is 1. The van der Waals surface area contributed by atoms with Crippen LogP contribution in [0.5, 0.6) is 0 Å². The van der Waals surface area contributed by atoms with Crippen LogP contribution in [0.15, 0.2) is 18.2 Å². The molecule has 0 fully saturated rings. The van der Waals surface area contributed by atoms with Gasteiger partial charge in [0.1, 0.15) is 5.69 Å². The number of primary amides is 1. The van der Waals surface area contributed by atoms with Gasteiger partial charge in [0.25, 0.3) is 5.91 Å². The Morgan fingerprint density at radius 3 is 2.59 bits per heavy atom. The fourth-order valence-electron chi connectivity index (χ4n) is 1.33. The zero-order chi connectivity index (χ0) is 13.0. The Hall–Kier alpha value is -1.98. The van der Waals surface area contributed by atoms with Gasteiger partial charge >= 0.3 is 0 Å². The Kier molecular flexibility index (Phi) is 4.14. The average Bonchev–Trinajstić information content (AvgIpc) is 2.24. The van der Waals surface area contributed by atoms with Gasteiger partial charge in [-0.25, -0.2) is 4.98 Å². The SMILES string of the molecule is CC(C)N(CC(N)=O)C(=O)c1cccc(F)n1. The van der Waals surface area contributed by atoms with E-state index in [0.29, 0.717) is 0 Å². The van der Waals surface area contributed by atoms with Gasteiger partial charge in [-0.2, -0.15) is 4.39 Å². The highest BCUT2D eigenvalue weighted by Gasteiger charge is 2.21. The fraction of sp³-hybridized carbons (Fsp3) is 0.364. The van der Waals surface area contributed by atoms with Crippen molar-refractivity contribution in [3.8, 4) is 0 Å². The molecule has 0 saturated heterocycles. The number of nitrogens with zero attached hydrogens (tertiary/aromatic N) is 2. The summed E-state index contributed by atoms with van der Waals surface area (Å²) in [5.41, 5.74) is 5.01. The molecular formula is C11H14FN3O2. The average molecular weight is 239 g/mol. The molecule has 6 heteroatoms. The van der Waals surface area contributed by atoms with Crippen molar-refractivity contribution in [1.29, 1.82) is 0 Å². The summed E-state index contributed by atoms with van der Waals surface area (Å²) in [5, 5.41) is 0. The highest BCUT2D eigenvalue weighted by atomic mass is 19.1. The molecule has 17 heavy (non-hydrogen) atoms. The van der Waals surface area contributed by atoms with E-state index in [1.54, 1.807) is 13.8 Å². The van der Waals surface area contributed by atoms with Crippen LogP contribution in [0.25, 0.3) is 0 Å². The normalized spacial score (nSPS) is 10.4. The second-order valence-electron chi connectivity index (χ2n) is 3.84. The van der Waals surface area contributed by atoms with Crippen LogP contribution >= 0.6 is 0 Å². The van der Waals surface area contributed by atoms with Crippen molar-refractivity contribution in [2.45, 2.75) is 19.9 Å². The van der Waals surface area contributed by atoms with Crippen molar-refractivity contribution in [3.05, 3.63) is 29.8 Å². The predicted octanol–water partition coefficient (Wildman–Crippen LogP) is 0.557. The molecule has 0 atom stereocenters. The van der Waals surface area contributed by atoms with Gasteiger partial charge in [-0.3, -0.25) is 9.59 Å². The number of aromatic nitrogens is 1. The van der Waals surface area contributed by atoms with Crippen LogP contribution in [0.1, 0.15) is 24.3 Å². The first-order valence-electron chi connectivity index (χ1n) is 5.13. The van der Waals surface area contributed by atoms with Gasteiger partial charge in [-0.1, -0.05) is 6.07 Å². The van der Waals surface area contributed by atoms with Gasteiger partial charge in [-0.05, 0) is 26.0 Å². The van der Waals surface area contributed by atoms with Crippen LogP contribution in [0.3, 0.4) is 0 Å². The largest absolute Gasteiger partial charge is 0.368 e. The topological polar surface area (TPSA) is 76.3 Å².